The highest BCUT2D eigenvalue weighted by Gasteiger charge is 2.46. The first-order valence-corrected chi connectivity index (χ1v) is 35.7. The number of esters is 2. The fraction of sp³-hybridized carbons (Fsp3) is 0.564. The maximum Gasteiger partial charge on any atom is 0.387 e. The molecule has 4 aromatic rings. The number of Topliss-reactive ketones (excluding diaryl/α,β-unsaturated/α-hetero) is 1. The number of carboxylic acid groups (broad SMARTS) is 1. The summed E-state index contributed by atoms with van der Waals surface area (Å²) in [5.74, 6) is 1.36. The highest BCUT2D eigenvalue weighted by molar-refractivity contribution is 6.00. The third-order valence-corrected chi connectivity index (χ3v) is 21.0. The molecule has 6 saturated carbocycles. The van der Waals surface area contributed by atoms with E-state index in [-0.39, 0.29) is 90.2 Å². The smallest absolute Gasteiger partial charge is 0.387 e. The van der Waals surface area contributed by atoms with E-state index in [2.05, 4.69) is 58.7 Å². The zero-order chi connectivity index (χ0) is 71.8. The van der Waals surface area contributed by atoms with Crippen LogP contribution >= 0.6 is 0 Å². The molecule has 19 nitrogen and oxygen atoms in total. The van der Waals surface area contributed by atoms with E-state index in [1.165, 1.54) is 68.7 Å². The van der Waals surface area contributed by atoms with Crippen LogP contribution in [0.1, 0.15) is 196 Å². The molecule has 8 aliphatic rings. The first-order valence-electron chi connectivity index (χ1n) is 35.7. The number of hydrogen-bond donors (Lipinski definition) is 3. The number of nitrogens with zero attached hydrogens (tertiary/aromatic N) is 2. The van der Waals surface area contributed by atoms with Gasteiger partial charge in [-0.3, -0.25) is 9.59 Å². The van der Waals surface area contributed by atoms with Crippen LogP contribution in [0.2, 0.25) is 0 Å². The minimum absolute atomic E-state index is 0.0217. The number of alkyl halides is 4. The Morgan fingerprint density at radius 2 is 1.16 bits per heavy atom. The highest BCUT2D eigenvalue weighted by atomic mass is 19.3. The van der Waals surface area contributed by atoms with Crippen molar-refractivity contribution >= 4 is 23.7 Å². The minimum atomic E-state index is -3.00. The van der Waals surface area contributed by atoms with Crippen LogP contribution in [-0.2, 0) is 39.5 Å². The van der Waals surface area contributed by atoms with E-state index >= 15 is 0 Å². The van der Waals surface area contributed by atoms with E-state index in [4.69, 9.17) is 47.7 Å². The SMILES string of the molecule is CCC(C(=O)OC1CCC(C#N)(c2ccc(OC(F)F)c(OCC3CC3)c2)CC1)=C1CC(c2ccc(OC)c(OC3CCCC3)c2)CN1.CCC1NC(=CC(=O)O)CC1c1ccc(OC)c(OC2CCCC2)c1.COC(=O)[C@H]1C[C@@](C#N)(c2ccc(OC(F)F)c(OCC3CC3)c2)CCC1=O. The van der Waals surface area contributed by atoms with Crippen molar-refractivity contribution in [2.24, 2.45) is 17.8 Å². The van der Waals surface area contributed by atoms with Crippen molar-refractivity contribution in [3.8, 4) is 58.1 Å². The van der Waals surface area contributed by atoms with Gasteiger partial charge in [0, 0.05) is 48.3 Å². The molecular weight excluding hydrogens is 1310 g/mol. The zero-order valence-corrected chi connectivity index (χ0v) is 58.3. The number of carbonyl (C=O) groups excluding carboxylic acids is 3. The summed E-state index contributed by atoms with van der Waals surface area (Å²) in [5, 5.41) is 36.0. The van der Waals surface area contributed by atoms with Crippen molar-refractivity contribution in [2.75, 3.05) is 41.1 Å². The molecule has 0 aromatic heterocycles. The molecule has 2 aliphatic heterocycles. The number of methoxy groups -OCH3 is 3. The van der Waals surface area contributed by atoms with Gasteiger partial charge < -0.3 is 63.1 Å². The van der Waals surface area contributed by atoms with E-state index in [1.807, 2.05) is 19.1 Å². The summed E-state index contributed by atoms with van der Waals surface area (Å²) < 4.78 is 107. The minimum Gasteiger partial charge on any atom is -0.493 e. The molecule has 5 atom stereocenters. The Balaban J connectivity index is 0.000000177. The lowest BCUT2D eigenvalue weighted by molar-refractivity contribution is -0.151. The predicted molar refractivity (Wildman–Crippen MR) is 365 cm³/mol. The van der Waals surface area contributed by atoms with E-state index in [0.717, 1.165) is 97.7 Å². The Hall–Kier alpha value is -8.86. The van der Waals surface area contributed by atoms with Gasteiger partial charge in [0.05, 0.1) is 75.3 Å². The van der Waals surface area contributed by atoms with Crippen molar-refractivity contribution in [1.29, 1.82) is 10.5 Å². The summed E-state index contributed by atoms with van der Waals surface area (Å²) in [5.41, 5.74) is 3.92. The molecule has 101 heavy (non-hydrogen) atoms. The normalized spacial score (nSPS) is 25.0. The van der Waals surface area contributed by atoms with Gasteiger partial charge in [0.2, 0.25) is 0 Å². The number of carbonyl (C=O) groups is 4. The quantitative estimate of drug-likeness (QED) is 0.0229. The number of halogens is 4. The van der Waals surface area contributed by atoms with Crippen molar-refractivity contribution in [2.45, 2.75) is 222 Å². The Kier molecular flexibility index (Phi) is 25.7. The summed E-state index contributed by atoms with van der Waals surface area (Å²) in [6.07, 6.45) is 19.9. The monoisotopic (exact) mass is 1400 g/mol. The van der Waals surface area contributed by atoms with E-state index in [0.29, 0.717) is 93.2 Å². The molecule has 2 saturated heterocycles. The molecular formula is C78H94F4N4O15. The number of nitriles is 2. The van der Waals surface area contributed by atoms with Gasteiger partial charge in [0.1, 0.15) is 17.8 Å². The number of carboxylic acids is 1. The van der Waals surface area contributed by atoms with Crippen molar-refractivity contribution in [1.82, 2.24) is 10.6 Å². The Bertz CT molecular complexity index is 3680. The Morgan fingerprint density at radius 3 is 1.64 bits per heavy atom. The second kappa shape index (κ2) is 34.7. The fourth-order valence-electron chi connectivity index (χ4n) is 14.7. The molecule has 8 fully saturated rings. The molecule has 4 aromatic carbocycles. The van der Waals surface area contributed by atoms with E-state index in [1.54, 1.807) is 26.4 Å². The van der Waals surface area contributed by atoms with Gasteiger partial charge in [-0.25, -0.2) is 9.59 Å². The first-order chi connectivity index (χ1) is 48.8. The zero-order valence-electron chi connectivity index (χ0n) is 58.3. The average molecular weight is 1400 g/mol. The number of nitrogens with one attached hydrogen (secondary N) is 2. The van der Waals surface area contributed by atoms with E-state index in [9.17, 15) is 47.3 Å². The largest absolute Gasteiger partial charge is 0.493 e. The first kappa shape index (κ1) is 74.8. The van der Waals surface area contributed by atoms with Crippen LogP contribution in [0, 0.1) is 40.4 Å². The lowest BCUT2D eigenvalue weighted by atomic mass is 9.66. The van der Waals surface area contributed by atoms with Crippen LogP contribution < -0.4 is 48.5 Å². The summed E-state index contributed by atoms with van der Waals surface area (Å²) in [6, 6.07) is 26.3. The average Bonchev–Trinajstić information content (AvgIpc) is 1.59. The number of ketones is 1. The van der Waals surface area contributed by atoms with Crippen LogP contribution in [0.5, 0.6) is 46.0 Å². The third kappa shape index (κ3) is 19.4. The van der Waals surface area contributed by atoms with Crippen LogP contribution in [0.4, 0.5) is 17.6 Å². The topological polar surface area (TPSA) is 252 Å². The second-order valence-corrected chi connectivity index (χ2v) is 27.8. The maximum atomic E-state index is 13.5. The Morgan fingerprint density at radius 1 is 0.634 bits per heavy atom. The number of aliphatic carboxylic acids is 1. The van der Waals surface area contributed by atoms with Crippen LogP contribution in [0.15, 0.2) is 95.8 Å². The molecule has 23 heteroatoms. The fourth-order valence-corrected chi connectivity index (χ4v) is 14.7. The van der Waals surface area contributed by atoms with Crippen molar-refractivity contribution in [3.63, 3.8) is 0 Å². The van der Waals surface area contributed by atoms with Crippen molar-refractivity contribution < 1.29 is 89.2 Å². The molecule has 3 unspecified atom stereocenters. The van der Waals surface area contributed by atoms with Gasteiger partial charge in [0.25, 0.3) is 0 Å². The molecule has 0 amide bonds. The van der Waals surface area contributed by atoms with Crippen molar-refractivity contribution in [3.05, 3.63) is 118 Å². The third-order valence-electron chi connectivity index (χ3n) is 21.0. The van der Waals surface area contributed by atoms with Crippen LogP contribution in [0.25, 0.3) is 0 Å². The molecule has 12 rings (SSSR count). The second-order valence-electron chi connectivity index (χ2n) is 27.8. The summed E-state index contributed by atoms with van der Waals surface area (Å²) >= 11 is 0. The lowest BCUT2D eigenvalue weighted by Gasteiger charge is -2.35. The molecule has 6 aliphatic carbocycles. The maximum absolute atomic E-state index is 13.5. The number of ether oxygens (including phenoxy) is 10. The molecule has 0 bridgehead atoms. The molecule has 544 valence electrons. The molecule has 0 spiro atoms. The van der Waals surface area contributed by atoms with Gasteiger partial charge in [-0.1, -0.05) is 38.1 Å². The highest BCUT2D eigenvalue weighted by Crippen LogP contribution is 2.48. The Labute approximate surface area is 588 Å². The van der Waals surface area contributed by atoms with E-state index < -0.39 is 41.9 Å². The standard InChI is InChI=1S/C38H46F2N2O6.C20H21F2NO5.C20H27NO4/c1-3-30(31-18-26(21-42-31)25-10-12-32(44-2)35(19-25)46-28-6-4-5-7-28)36(43)47-29-14-16-38(23-41,17-15-29)27-11-13-33(48-37(39)40)34(20-27)45-22-24-8-9-24;1-26-18(25)14-9-20(11-23,7-6-15(14)24)13-4-5-16(28-19(21)22)17(8-13)27-10-12-2-3-12;1-3-17-16(11-14(21-17)12-20(22)23)13-8-9-18(24-2)19(10-13)25-15-6-4-5-7-15/h10-13,19-20,24,26,28-29,37,42H,3-9,14-18,21-22H2,1-2H3;4-5,8,12,14,19H,2-3,6-7,9-10H2,1H3;8-10,12,15-17,21H,3-7,11H2,1-2H3,(H,22,23)/t;14-,20-;/m.0./s1. The number of allylic oxidation sites excluding steroid dienone is 2. The lowest BCUT2D eigenvalue weighted by Crippen LogP contribution is -2.40. The molecule has 3 N–H and O–H groups in total. The van der Waals surface area contributed by atoms with Gasteiger partial charge in [-0.15, -0.1) is 0 Å². The summed E-state index contributed by atoms with van der Waals surface area (Å²) in [4.78, 5) is 48.5. The number of hydrogen-bond acceptors (Lipinski definition) is 18. The number of rotatable bonds is 26. The number of benzene rings is 4. The van der Waals surface area contributed by atoms with Gasteiger partial charge in [-0.2, -0.15) is 28.1 Å². The van der Waals surface area contributed by atoms with Gasteiger partial charge in [0.15, 0.2) is 46.0 Å². The van der Waals surface area contributed by atoms with Gasteiger partial charge in [-0.05, 0) is 224 Å². The molecule has 0 radical (unpaired) electrons. The van der Waals surface area contributed by atoms with Gasteiger partial charge >= 0.3 is 31.1 Å². The van der Waals surface area contributed by atoms with Crippen LogP contribution in [-0.4, -0.2) is 107 Å². The van der Waals surface area contributed by atoms with Crippen LogP contribution in [0.3, 0.4) is 0 Å². The summed E-state index contributed by atoms with van der Waals surface area (Å²) in [6.45, 7) is -0.371. The molecule has 2 heterocycles. The predicted octanol–water partition coefficient (Wildman–Crippen LogP) is 15.3. The summed E-state index contributed by atoms with van der Waals surface area (Å²) in [7, 11) is 4.52.